The Morgan fingerprint density at radius 1 is 1.36 bits per heavy atom. The number of amides is 1. The second kappa shape index (κ2) is 8.03. The Hall–Kier alpha value is -1.83. The summed E-state index contributed by atoms with van der Waals surface area (Å²) in [5.74, 6) is 1.07. The van der Waals surface area contributed by atoms with Crippen molar-refractivity contribution in [1.29, 1.82) is 0 Å². The zero-order chi connectivity index (χ0) is 17.8. The minimum atomic E-state index is -0.0850. The van der Waals surface area contributed by atoms with Crippen molar-refractivity contribution in [2.45, 2.75) is 18.5 Å². The van der Waals surface area contributed by atoms with Crippen LogP contribution in [0.3, 0.4) is 0 Å². The molecule has 3 aromatic rings. The summed E-state index contributed by atoms with van der Waals surface area (Å²) in [5.41, 5.74) is 1.70. The largest absolute Gasteiger partial charge is 0.325 e. The third-order valence-electron chi connectivity index (χ3n) is 3.63. The van der Waals surface area contributed by atoms with E-state index in [2.05, 4.69) is 21.6 Å². The molecule has 2 aromatic heterocycles. The zero-order valence-corrected chi connectivity index (χ0v) is 16.2. The summed E-state index contributed by atoms with van der Waals surface area (Å²) < 4.78 is 1.94. The molecule has 0 spiro atoms. The molecule has 130 valence electrons. The van der Waals surface area contributed by atoms with Gasteiger partial charge in [-0.2, -0.15) is 0 Å². The molecule has 0 saturated carbocycles. The standard InChI is InChI=1S/C17H17ClN4OS2/c1-11-8-12(18)5-6-14(11)19-16(23)10-25-17-21-20-15(22(17)2)9-13-4-3-7-24-13/h3-8H,9-10H2,1-2H3,(H,19,23). The van der Waals surface area contributed by atoms with E-state index < -0.39 is 0 Å². The minimum absolute atomic E-state index is 0.0850. The van der Waals surface area contributed by atoms with Crippen LogP contribution in [-0.4, -0.2) is 26.4 Å². The number of nitrogens with one attached hydrogen (secondary N) is 1. The van der Waals surface area contributed by atoms with E-state index in [1.165, 1.54) is 16.6 Å². The van der Waals surface area contributed by atoms with Crippen LogP contribution in [0, 0.1) is 6.92 Å². The number of carbonyl (C=O) groups is 1. The maximum absolute atomic E-state index is 12.2. The SMILES string of the molecule is Cc1cc(Cl)ccc1NC(=O)CSc1nnc(Cc2cccs2)n1C. The topological polar surface area (TPSA) is 59.8 Å². The molecule has 0 saturated heterocycles. The number of aryl methyl sites for hydroxylation is 1. The first-order chi connectivity index (χ1) is 12.0. The van der Waals surface area contributed by atoms with Gasteiger partial charge in [0, 0.05) is 29.1 Å². The molecule has 2 heterocycles. The number of anilines is 1. The van der Waals surface area contributed by atoms with Crippen molar-refractivity contribution in [2.24, 2.45) is 7.05 Å². The molecule has 1 N–H and O–H groups in total. The maximum Gasteiger partial charge on any atom is 0.234 e. The van der Waals surface area contributed by atoms with Gasteiger partial charge >= 0.3 is 0 Å². The molecule has 0 atom stereocenters. The molecule has 1 aromatic carbocycles. The van der Waals surface area contributed by atoms with Gasteiger partial charge in [-0.05, 0) is 42.1 Å². The lowest BCUT2D eigenvalue weighted by Gasteiger charge is -2.08. The predicted octanol–water partition coefficient (Wildman–Crippen LogP) is 4.16. The Balaban J connectivity index is 1.58. The van der Waals surface area contributed by atoms with Gasteiger partial charge in [0.15, 0.2) is 5.16 Å². The summed E-state index contributed by atoms with van der Waals surface area (Å²) in [7, 11) is 1.92. The van der Waals surface area contributed by atoms with Crippen LogP contribution >= 0.6 is 34.7 Å². The number of thiophene rings is 1. The number of nitrogens with zero attached hydrogens (tertiary/aromatic N) is 3. The summed E-state index contributed by atoms with van der Waals surface area (Å²) in [6, 6.07) is 9.49. The van der Waals surface area contributed by atoms with Crippen LogP contribution in [0.2, 0.25) is 5.02 Å². The van der Waals surface area contributed by atoms with Crippen LogP contribution in [0.15, 0.2) is 40.9 Å². The Labute approximate surface area is 159 Å². The Kier molecular flexibility index (Phi) is 5.78. The molecule has 5 nitrogen and oxygen atoms in total. The first kappa shape index (κ1) is 18.0. The molecule has 0 aliphatic carbocycles. The normalized spacial score (nSPS) is 10.8. The van der Waals surface area contributed by atoms with Crippen molar-refractivity contribution in [3.05, 3.63) is 57.0 Å². The summed E-state index contributed by atoms with van der Waals surface area (Å²) in [6.45, 7) is 1.91. The number of hydrogen-bond acceptors (Lipinski definition) is 5. The van der Waals surface area contributed by atoms with Crippen LogP contribution in [-0.2, 0) is 18.3 Å². The van der Waals surface area contributed by atoms with Crippen LogP contribution < -0.4 is 5.32 Å². The number of thioether (sulfide) groups is 1. The predicted molar refractivity (Wildman–Crippen MR) is 104 cm³/mol. The number of hydrogen-bond donors (Lipinski definition) is 1. The fourth-order valence-corrected chi connectivity index (χ4v) is 3.94. The number of aromatic nitrogens is 3. The fraction of sp³-hybridized carbons (Fsp3) is 0.235. The Bertz CT molecular complexity index is 877. The quantitative estimate of drug-likeness (QED) is 0.640. The van der Waals surface area contributed by atoms with E-state index in [1.54, 1.807) is 17.4 Å². The Morgan fingerprint density at radius 3 is 2.92 bits per heavy atom. The van der Waals surface area contributed by atoms with E-state index in [-0.39, 0.29) is 11.7 Å². The van der Waals surface area contributed by atoms with Gasteiger partial charge in [-0.3, -0.25) is 4.79 Å². The second-order valence-electron chi connectivity index (χ2n) is 5.51. The monoisotopic (exact) mass is 392 g/mol. The molecule has 0 fully saturated rings. The molecular formula is C17H17ClN4OS2. The lowest BCUT2D eigenvalue weighted by molar-refractivity contribution is -0.113. The van der Waals surface area contributed by atoms with Crippen molar-refractivity contribution in [3.63, 3.8) is 0 Å². The van der Waals surface area contributed by atoms with E-state index in [0.717, 1.165) is 28.7 Å². The molecule has 0 aliphatic heterocycles. The van der Waals surface area contributed by atoms with E-state index in [1.807, 2.05) is 42.1 Å². The van der Waals surface area contributed by atoms with Crippen molar-refractivity contribution in [2.75, 3.05) is 11.1 Å². The minimum Gasteiger partial charge on any atom is -0.325 e. The smallest absolute Gasteiger partial charge is 0.234 e. The number of halogens is 1. The maximum atomic E-state index is 12.2. The molecule has 0 unspecified atom stereocenters. The van der Waals surface area contributed by atoms with Crippen molar-refractivity contribution < 1.29 is 4.79 Å². The zero-order valence-electron chi connectivity index (χ0n) is 13.8. The molecule has 0 aliphatic rings. The van der Waals surface area contributed by atoms with Gasteiger partial charge in [-0.15, -0.1) is 21.5 Å². The van der Waals surface area contributed by atoms with E-state index >= 15 is 0 Å². The van der Waals surface area contributed by atoms with Crippen LogP contribution in [0.4, 0.5) is 5.69 Å². The fourth-order valence-electron chi connectivity index (χ4n) is 2.28. The molecule has 8 heteroatoms. The van der Waals surface area contributed by atoms with Crippen molar-refractivity contribution in [3.8, 4) is 0 Å². The number of rotatable bonds is 6. The highest BCUT2D eigenvalue weighted by atomic mass is 35.5. The van der Waals surface area contributed by atoms with E-state index in [4.69, 9.17) is 11.6 Å². The highest BCUT2D eigenvalue weighted by Gasteiger charge is 2.13. The third-order valence-corrected chi connectivity index (χ3v) is 5.76. The number of carbonyl (C=O) groups excluding carboxylic acids is 1. The third kappa shape index (κ3) is 4.62. The van der Waals surface area contributed by atoms with E-state index in [9.17, 15) is 4.79 Å². The van der Waals surface area contributed by atoms with Crippen LogP contribution in [0.1, 0.15) is 16.3 Å². The molecule has 3 rings (SSSR count). The summed E-state index contributed by atoms with van der Waals surface area (Å²) in [5, 5.41) is 14.7. The summed E-state index contributed by atoms with van der Waals surface area (Å²) in [4.78, 5) is 13.4. The Morgan fingerprint density at radius 2 is 2.20 bits per heavy atom. The van der Waals surface area contributed by atoms with Crippen molar-refractivity contribution >= 4 is 46.3 Å². The van der Waals surface area contributed by atoms with Gasteiger partial charge in [0.05, 0.1) is 5.75 Å². The molecule has 0 radical (unpaired) electrons. The summed E-state index contributed by atoms with van der Waals surface area (Å²) in [6.07, 6.45) is 0.748. The van der Waals surface area contributed by atoms with Crippen LogP contribution in [0.5, 0.6) is 0 Å². The van der Waals surface area contributed by atoms with Crippen LogP contribution in [0.25, 0.3) is 0 Å². The molecule has 1 amide bonds. The lowest BCUT2D eigenvalue weighted by atomic mass is 10.2. The molecule has 25 heavy (non-hydrogen) atoms. The van der Waals surface area contributed by atoms with E-state index in [0.29, 0.717) is 5.02 Å². The van der Waals surface area contributed by atoms with Gasteiger partial charge in [-0.25, -0.2) is 0 Å². The first-order valence-electron chi connectivity index (χ1n) is 7.62. The average molecular weight is 393 g/mol. The number of benzene rings is 1. The van der Waals surface area contributed by atoms with Gasteiger partial charge in [-0.1, -0.05) is 29.4 Å². The van der Waals surface area contributed by atoms with Gasteiger partial charge in [0.1, 0.15) is 5.82 Å². The lowest BCUT2D eigenvalue weighted by Crippen LogP contribution is -2.15. The first-order valence-corrected chi connectivity index (χ1v) is 9.86. The summed E-state index contributed by atoms with van der Waals surface area (Å²) >= 11 is 9.00. The van der Waals surface area contributed by atoms with Crippen molar-refractivity contribution in [1.82, 2.24) is 14.8 Å². The molecular weight excluding hydrogens is 376 g/mol. The molecule has 0 bridgehead atoms. The van der Waals surface area contributed by atoms with Gasteiger partial charge in [0.25, 0.3) is 0 Å². The van der Waals surface area contributed by atoms with Gasteiger partial charge in [0.2, 0.25) is 5.91 Å². The average Bonchev–Trinajstić information content (AvgIpc) is 3.20. The van der Waals surface area contributed by atoms with Gasteiger partial charge < -0.3 is 9.88 Å². The highest BCUT2D eigenvalue weighted by molar-refractivity contribution is 7.99. The highest BCUT2D eigenvalue weighted by Crippen LogP contribution is 2.22. The second-order valence-corrected chi connectivity index (χ2v) is 7.92.